The number of aliphatic imine (C=N–C) groups is 2. The van der Waals surface area contributed by atoms with Gasteiger partial charge in [-0.05, 0) is 61.0 Å². The van der Waals surface area contributed by atoms with Gasteiger partial charge in [0.2, 0.25) is 0 Å². The number of rotatable bonds is 5. The van der Waals surface area contributed by atoms with Crippen LogP contribution < -0.4 is 4.74 Å². The Morgan fingerprint density at radius 2 is 1.40 bits per heavy atom. The standard InChI is InChI=1S/C37H28N2O/c1-4-39-36(26-12-9-11-24(2)23-26)35(38-3)25-19-21-27(22-20-25)37-30-15-6-5-13-28(30)29-14-10-18-33(34(29)37)40-32-17-8-7-16-31(32)37/h4-23H,3H2,1-2H3/b36-35-,39-4-. The van der Waals surface area contributed by atoms with Crippen LogP contribution in [0.2, 0.25) is 0 Å². The van der Waals surface area contributed by atoms with Gasteiger partial charge in [-0.1, -0.05) is 103 Å². The van der Waals surface area contributed by atoms with Crippen molar-refractivity contribution < 1.29 is 4.74 Å². The van der Waals surface area contributed by atoms with Gasteiger partial charge in [0.15, 0.2) is 0 Å². The van der Waals surface area contributed by atoms with Gasteiger partial charge in [-0.2, -0.15) is 0 Å². The molecule has 40 heavy (non-hydrogen) atoms. The molecule has 2 aliphatic rings. The molecule has 1 unspecified atom stereocenters. The Hall–Kier alpha value is -5.02. The molecule has 0 N–H and O–H groups in total. The molecule has 0 saturated carbocycles. The lowest BCUT2D eigenvalue weighted by atomic mass is 9.66. The maximum atomic E-state index is 6.50. The number of para-hydroxylation sites is 1. The molecule has 5 aromatic carbocycles. The van der Waals surface area contributed by atoms with E-state index in [-0.39, 0.29) is 0 Å². The van der Waals surface area contributed by atoms with Crippen molar-refractivity contribution in [3.8, 4) is 22.6 Å². The molecule has 0 amide bonds. The molecule has 1 heterocycles. The first-order chi connectivity index (χ1) is 19.7. The van der Waals surface area contributed by atoms with E-state index in [4.69, 9.17) is 9.73 Å². The fourth-order valence-corrected chi connectivity index (χ4v) is 6.50. The quantitative estimate of drug-likeness (QED) is 0.166. The van der Waals surface area contributed by atoms with Crippen molar-refractivity contribution in [1.82, 2.24) is 0 Å². The number of hydrogen-bond acceptors (Lipinski definition) is 3. The molecule has 3 heteroatoms. The van der Waals surface area contributed by atoms with Crippen LogP contribution in [0.4, 0.5) is 0 Å². The monoisotopic (exact) mass is 516 g/mol. The number of aryl methyl sites for hydroxylation is 1. The van der Waals surface area contributed by atoms with E-state index >= 15 is 0 Å². The average molecular weight is 517 g/mol. The number of fused-ring (bicyclic) bond motifs is 5. The van der Waals surface area contributed by atoms with Gasteiger partial charge in [0.05, 0.1) is 16.8 Å². The molecule has 7 rings (SSSR count). The zero-order valence-corrected chi connectivity index (χ0v) is 22.6. The summed E-state index contributed by atoms with van der Waals surface area (Å²) in [4.78, 5) is 9.20. The maximum absolute atomic E-state index is 6.50. The van der Waals surface area contributed by atoms with E-state index in [1.54, 1.807) is 0 Å². The molecule has 1 atom stereocenters. The molecule has 0 fully saturated rings. The predicted octanol–water partition coefficient (Wildman–Crippen LogP) is 9.08. The van der Waals surface area contributed by atoms with Crippen molar-refractivity contribution in [3.05, 3.63) is 154 Å². The van der Waals surface area contributed by atoms with Gasteiger partial charge in [0.1, 0.15) is 11.5 Å². The lowest BCUT2D eigenvalue weighted by Crippen LogP contribution is -2.31. The highest BCUT2D eigenvalue weighted by molar-refractivity contribution is 5.94. The molecule has 0 bridgehead atoms. The predicted molar refractivity (Wildman–Crippen MR) is 166 cm³/mol. The first-order valence-corrected chi connectivity index (χ1v) is 13.5. The highest BCUT2D eigenvalue weighted by Gasteiger charge is 2.51. The van der Waals surface area contributed by atoms with E-state index in [1.165, 1.54) is 33.4 Å². The molecular formula is C37H28N2O. The summed E-state index contributed by atoms with van der Waals surface area (Å²) in [6.07, 6.45) is 1.81. The van der Waals surface area contributed by atoms with Gasteiger partial charge in [-0.15, -0.1) is 0 Å². The Labute approximate surface area is 234 Å². The Balaban J connectivity index is 1.47. The molecule has 1 aliphatic carbocycles. The summed E-state index contributed by atoms with van der Waals surface area (Å²) in [5.41, 5.74) is 11.5. The molecule has 0 radical (unpaired) electrons. The van der Waals surface area contributed by atoms with Crippen molar-refractivity contribution in [2.75, 3.05) is 0 Å². The SMILES string of the molecule is C=N/C(=C(\N=C/C)c1cccc(C)c1)c1ccc(C23c4ccccc4Oc4cccc(c42)-c2ccccc23)cc1. The Kier molecular flexibility index (Phi) is 5.60. The molecule has 0 aromatic heterocycles. The van der Waals surface area contributed by atoms with E-state index in [9.17, 15) is 0 Å². The summed E-state index contributed by atoms with van der Waals surface area (Å²) in [7, 11) is 0. The first kappa shape index (κ1) is 24.1. The summed E-state index contributed by atoms with van der Waals surface area (Å²) < 4.78 is 6.50. The summed E-state index contributed by atoms with van der Waals surface area (Å²) in [6, 6.07) is 40.6. The third kappa shape index (κ3) is 3.37. The van der Waals surface area contributed by atoms with Crippen LogP contribution in [0.25, 0.3) is 22.5 Å². The van der Waals surface area contributed by atoms with Crippen LogP contribution in [0.1, 0.15) is 45.9 Å². The van der Waals surface area contributed by atoms with Crippen molar-refractivity contribution in [3.63, 3.8) is 0 Å². The summed E-state index contributed by atoms with van der Waals surface area (Å²) >= 11 is 0. The lowest BCUT2D eigenvalue weighted by Gasteiger charge is -2.39. The van der Waals surface area contributed by atoms with Crippen molar-refractivity contribution in [1.29, 1.82) is 0 Å². The van der Waals surface area contributed by atoms with Crippen LogP contribution in [-0.2, 0) is 5.41 Å². The Bertz CT molecular complexity index is 1860. The minimum absolute atomic E-state index is 0.484. The van der Waals surface area contributed by atoms with Crippen LogP contribution >= 0.6 is 0 Å². The minimum atomic E-state index is -0.484. The van der Waals surface area contributed by atoms with E-state index in [0.717, 1.165) is 39.6 Å². The van der Waals surface area contributed by atoms with Gasteiger partial charge < -0.3 is 4.74 Å². The normalized spacial score (nSPS) is 16.9. The van der Waals surface area contributed by atoms with Crippen LogP contribution in [0.15, 0.2) is 125 Å². The Morgan fingerprint density at radius 1 is 0.700 bits per heavy atom. The summed E-state index contributed by atoms with van der Waals surface area (Å²) in [5.74, 6) is 1.80. The van der Waals surface area contributed by atoms with E-state index in [1.807, 2.05) is 25.3 Å². The molecule has 3 nitrogen and oxygen atoms in total. The van der Waals surface area contributed by atoms with Crippen molar-refractivity contribution in [2.24, 2.45) is 9.98 Å². The first-order valence-electron chi connectivity index (χ1n) is 13.5. The highest BCUT2D eigenvalue weighted by Crippen LogP contribution is 2.63. The van der Waals surface area contributed by atoms with Gasteiger partial charge in [0, 0.05) is 28.5 Å². The lowest BCUT2D eigenvalue weighted by molar-refractivity contribution is 0.438. The molecule has 0 saturated heterocycles. The van der Waals surface area contributed by atoms with Crippen molar-refractivity contribution >= 4 is 24.3 Å². The van der Waals surface area contributed by atoms with E-state index in [0.29, 0.717) is 0 Å². The van der Waals surface area contributed by atoms with Crippen LogP contribution in [0, 0.1) is 6.92 Å². The zero-order chi connectivity index (χ0) is 27.3. The number of benzene rings is 5. The smallest absolute Gasteiger partial charge is 0.132 e. The largest absolute Gasteiger partial charge is 0.457 e. The second-order valence-electron chi connectivity index (χ2n) is 10.3. The molecule has 1 aliphatic heterocycles. The zero-order valence-electron chi connectivity index (χ0n) is 22.6. The number of nitrogens with zero attached hydrogens (tertiary/aromatic N) is 2. The number of hydrogen-bond donors (Lipinski definition) is 0. The summed E-state index contributed by atoms with van der Waals surface area (Å²) in [6.45, 7) is 7.94. The maximum Gasteiger partial charge on any atom is 0.132 e. The third-order valence-corrected chi connectivity index (χ3v) is 8.06. The average Bonchev–Trinajstić information content (AvgIpc) is 3.30. The summed E-state index contributed by atoms with van der Waals surface area (Å²) in [5, 5.41) is 0. The fourth-order valence-electron chi connectivity index (χ4n) is 6.50. The molecule has 5 aromatic rings. The molecular weight excluding hydrogens is 488 g/mol. The van der Waals surface area contributed by atoms with Crippen LogP contribution in [-0.4, -0.2) is 12.9 Å². The fraction of sp³-hybridized carbons (Fsp3) is 0.0811. The third-order valence-electron chi connectivity index (χ3n) is 8.06. The van der Waals surface area contributed by atoms with Crippen LogP contribution in [0.3, 0.4) is 0 Å². The van der Waals surface area contributed by atoms with Crippen molar-refractivity contribution in [2.45, 2.75) is 19.3 Å². The minimum Gasteiger partial charge on any atom is -0.457 e. The second kappa shape index (κ2) is 9.32. The molecule has 0 spiro atoms. The Morgan fingerprint density at radius 3 is 2.17 bits per heavy atom. The van der Waals surface area contributed by atoms with Gasteiger partial charge >= 0.3 is 0 Å². The van der Waals surface area contributed by atoms with Gasteiger partial charge in [-0.3, -0.25) is 9.98 Å². The van der Waals surface area contributed by atoms with Gasteiger partial charge in [0.25, 0.3) is 0 Å². The number of ether oxygens (including phenoxy) is 1. The van der Waals surface area contributed by atoms with E-state index < -0.39 is 5.41 Å². The van der Waals surface area contributed by atoms with E-state index in [2.05, 4.69) is 122 Å². The van der Waals surface area contributed by atoms with Gasteiger partial charge in [-0.25, -0.2) is 0 Å². The molecule has 192 valence electrons. The topological polar surface area (TPSA) is 34.0 Å². The second-order valence-corrected chi connectivity index (χ2v) is 10.3. The van der Waals surface area contributed by atoms with Crippen LogP contribution in [0.5, 0.6) is 11.5 Å². The highest BCUT2D eigenvalue weighted by atomic mass is 16.5.